The Morgan fingerprint density at radius 3 is 2.38 bits per heavy atom. The number of hydrogen-bond acceptors (Lipinski definition) is 5. The van der Waals surface area contributed by atoms with Crippen molar-refractivity contribution in [2.24, 2.45) is 0 Å². The molecule has 2 aromatic rings. The number of nitrogens with one attached hydrogen (secondary N) is 1. The molecule has 1 heterocycles. The van der Waals surface area contributed by atoms with Crippen LogP contribution in [0.5, 0.6) is 0 Å². The topological polar surface area (TPSA) is 121 Å². The summed E-state index contributed by atoms with van der Waals surface area (Å²) in [6, 6.07) is 11.4. The van der Waals surface area contributed by atoms with Gasteiger partial charge in [0.15, 0.2) is 0 Å². The molecule has 2 aromatic carbocycles. The van der Waals surface area contributed by atoms with E-state index in [2.05, 4.69) is 5.32 Å². The van der Waals surface area contributed by atoms with E-state index in [0.29, 0.717) is 4.31 Å². The SMILES string of the molecule is O=C(O)c1cccc(NC(=O)c2cccc(N3C(=O)CCS3(=O)=O)c2)c1. The van der Waals surface area contributed by atoms with Crippen molar-refractivity contribution in [3.8, 4) is 0 Å². The minimum atomic E-state index is -3.72. The molecule has 0 spiro atoms. The van der Waals surface area contributed by atoms with Crippen LogP contribution >= 0.6 is 0 Å². The molecule has 1 aliphatic heterocycles. The smallest absolute Gasteiger partial charge is 0.335 e. The summed E-state index contributed by atoms with van der Waals surface area (Å²) < 4.78 is 24.7. The average molecular weight is 374 g/mol. The van der Waals surface area contributed by atoms with Crippen molar-refractivity contribution >= 4 is 39.2 Å². The van der Waals surface area contributed by atoms with E-state index in [1.54, 1.807) is 0 Å². The van der Waals surface area contributed by atoms with Gasteiger partial charge >= 0.3 is 5.97 Å². The fraction of sp³-hybridized carbons (Fsp3) is 0.118. The van der Waals surface area contributed by atoms with E-state index < -0.39 is 27.8 Å². The molecule has 0 radical (unpaired) electrons. The van der Waals surface area contributed by atoms with E-state index in [9.17, 15) is 22.8 Å². The molecule has 9 heteroatoms. The molecular formula is C17H14N2O6S. The summed E-state index contributed by atoms with van der Waals surface area (Å²) in [7, 11) is -3.72. The van der Waals surface area contributed by atoms with Crippen molar-refractivity contribution in [2.45, 2.75) is 6.42 Å². The number of sulfonamides is 1. The van der Waals surface area contributed by atoms with Gasteiger partial charge in [0.2, 0.25) is 15.9 Å². The van der Waals surface area contributed by atoms with Crippen LogP contribution in [0, 0.1) is 0 Å². The molecule has 1 saturated heterocycles. The van der Waals surface area contributed by atoms with Gasteiger partial charge in [0.25, 0.3) is 5.91 Å². The first-order chi connectivity index (χ1) is 12.3. The molecule has 1 aliphatic rings. The number of rotatable bonds is 4. The van der Waals surface area contributed by atoms with Gasteiger partial charge in [-0.1, -0.05) is 12.1 Å². The van der Waals surface area contributed by atoms with Gasteiger partial charge in [-0.05, 0) is 36.4 Å². The summed E-state index contributed by atoms with van der Waals surface area (Å²) in [6.07, 6.45) is -0.0965. The molecule has 0 saturated carbocycles. The Bertz CT molecular complexity index is 1020. The van der Waals surface area contributed by atoms with E-state index in [4.69, 9.17) is 5.11 Å². The maximum Gasteiger partial charge on any atom is 0.335 e. The molecule has 8 nitrogen and oxygen atoms in total. The van der Waals surface area contributed by atoms with Crippen molar-refractivity contribution in [3.05, 3.63) is 59.7 Å². The van der Waals surface area contributed by atoms with Crippen LogP contribution in [0.3, 0.4) is 0 Å². The Balaban J connectivity index is 1.86. The van der Waals surface area contributed by atoms with Crippen LogP contribution in [-0.2, 0) is 14.8 Å². The number of nitrogens with zero attached hydrogens (tertiary/aromatic N) is 1. The first-order valence-electron chi connectivity index (χ1n) is 7.58. The summed E-state index contributed by atoms with van der Waals surface area (Å²) in [5, 5.41) is 11.5. The second-order valence-corrected chi connectivity index (χ2v) is 7.55. The molecule has 0 unspecified atom stereocenters. The minimum absolute atomic E-state index is 0.0188. The van der Waals surface area contributed by atoms with Crippen LogP contribution < -0.4 is 9.62 Å². The lowest BCUT2D eigenvalue weighted by atomic mass is 10.1. The molecule has 0 atom stereocenters. The van der Waals surface area contributed by atoms with Crippen LogP contribution in [0.1, 0.15) is 27.1 Å². The third-order valence-electron chi connectivity index (χ3n) is 3.79. The molecule has 3 rings (SSSR count). The third-order valence-corrected chi connectivity index (χ3v) is 5.48. The highest BCUT2D eigenvalue weighted by Gasteiger charge is 2.36. The quantitative estimate of drug-likeness (QED) is 0.840. The predicted octanol–water partition coefficient (Wildman–Crippen LogP) is 1.70. The molecule has 1 fully saturated rings. The van der Waals surface area contributed by atoms with Crippen LogP contribution in [-0.4, -0.2) is 37.1 Å². The highest BCUT2D eigenvalue weighted by Crippen LogP contribution is 2.26. The Hall–Kier alpha value is -3.20. The summed E-state index contributed by atoms with van der Waals surface area (Å²) in [5.41, 5.74) is 0.535. The second-order valence-electron chi connectivity index (χ2n) is 5.61. The standard InChI is InChI=1S/C17H14N2O6S/c20-15-7-8-26(24,25)19(15)14-6-2-3-11(10-14)16(21)18-13-5-1-4-12(9-13)17(22)23/h1-6,9-10H,7-8H2,(H,18,21)(H,22,23). The van der Waals surface area contributed by atoms with Crippen molar-refractivity contribution < 1.29 is 27.9 Å². The lowest BCUT2D eigenvalue weighted by molar-refractivity contribution is -0.116. The van der Waals surface area contributed by atoms with E-state index in [-0.39, 0.29) is 34.7 Å². The Labute approximate surface area is 149 Å². The van der Waals surface area contributed by atoms with Gasteiger partial charge in [-0.2, -0.15) is 0 Å². The number of amides is 2. The highest BCUT2D eigenvalue weighted by molar-refractivity contribution is 7.94. The van der Waals surface area contributed by atoms with Crippen molar-refractivity contribution in [2.75, 3.05) is 15.4 Å². The van der Waals surface area contributed by atoms with Crippen LogP contribution in [0.2, 0.25) is 0 Å². The number of anilines is 2. The number of carbonyl (C=O) groups excluding carboxylic acids is 2. The van der Waals surface area contributed by atoms with Crippen LogP contribution in [0.25, 0.3) is 0 Å². The predicted molar refractivity (Wildman–Crippen MR) is 93.7 cm³/mol. The van der Waals surface area contributed by atoms with Crippen LogP contribution in [0.15, 0.2) is 48.5 Å². The highest BCUT2D eigenvalue weighted by atomic mass is 32.2. The monoisotopic (exact) mass is 374 g/mol. The van der Waals surface area contributed by atoms with E-state index in [0.717, 1.165) is 0 Å². The maximum atomic E-state index is 12.4. The zero-order chi connectivity index (χ0) is 18.9. The zero-order valence-electron chi connectivity index (χ0n) is 13.4. The lowest BCUT2D eigenvalue weighted by Crippen LogP contribution is -2.29. The number of benzene rings is 2. The molecule has 2 amide bonds. The lowest BCUT2D eigenvalue weighted by Gasteiger charge is -2.15. The minimum Gasteiger partial charge on any atom is -0.478 e. The number of aromatic carboxylic acids is 1. The molecular weight excluding hydrogens is 360 g/mol. The summed E-state index contributed by atoms with van der Waals surface area (Å²) in [4.78, 5) is 35.2. The Morgan fingerprint density at radius 2 is 1.73 bits per heavy atom. The average Bonchev–Trinajstić information content (AvgIpc) is 2.88. The number of carboxylic acid groups (broad SMARTS) is 1. The van der Waals surface area contributed by atoms with E-state index in [1.807, 2.05) is 0 Å². The van der Waals surface area contributed by atoms with Crippen molar-refractivity contribution in [3.63, 3.8) is 0 Å². The first kappa shape index (κ1) is 17.6. The van der Waals surface area contributed by atoms with Gasteiger partial charge in [-0.15, -0.1) is 0 Å². The second kappa shape index (κ2) is 6.60. The maximum absolute atomic E-state index is 12.4. The molecule has 0 bridgehead atoms. The Kier molecular flexibility index (Phi) is 4.47. The normalized spacial score (nSPS) is 15.7. The van der Waals surface area contributed by atoms with E-state index >= 15 is 0 Å². The molecule has 26 heavy (non-hydrogen) atoms. The largest absolute Gasteiger partial charge is 0.478 e. The summed E-state index contributed by atoms with van der Waals surface area (Å²) in [5.74, 6) is -2.49. The van der Waals surface area contributed by atoms with Gasteiger partial charge in [0.05, 0.1) is 17.0 Å². The summed E-state index contributed by atoms with van der Waals surface area (Å²) >= 11 is 0. The third kappa shape index (κ3) is 3.42. The van der Waals surface area contributed by atoms with Gasteiger partial charge in [-0.3, -0.25) is 9.59 Å². The molecule has 2 N–H and O–H groups in total. The molecule has 134 valence electrons. The number of carboxylic acids is 1. The Morgan fingerprint density at radius 1 is 1.04 bits per heavy atom. The molecule has 0 aliphatic carbocycles. The zero-order valence-corrected chi connectivity index (χ0v) is 14.2. The van der Waals surface area contributed by atoms with Crippen LogP contribution in [0.4, 0.5) is 11.4 Å². The fourth-order valence-corrected chi connectivity index (χ4v) is 4.03. The van der Waals surface area contributed by atoms with Gasteiger partial charge in [0, 0.05) is 17.7 Å². The van der Waals surface area contributed by atoms with Crippen molar-refractivity contribution in [1.29, 1.82) is 0 Å². The number of carbonyl (C=O) groups is 3. The molecule has 0 aromatic heterocycles. The van der Waals surface area contributed by atoms with Gasteiger partial charge in [-0.25, -0.2) is 17.5 Å². The van der Waals surface area contributed by atoms with E-state index in [1.165, 1.54) is 48.5 Å². The summed E-state index contributed by atoms with van der Waals surface area (Å²) in [6.45, 7) is 0. The number of hydrogen-bond donors (Lipinski definition) is 2. The fourth-order valence-electron chi connectivity index (χ4n) is 2.58. The van der Waals surface area contributed by atoms with Gasteiger partial charge < -0.3 is 10.4 Å². The van der Waals surface area contributed by atoms with Gasteiger partial charge in [0.1, 0.15) is 0 Å². The first-order valence-corrected chi connectivity index (χ1v) is 9.19. The van der Waals surface area contributed by atoms with Crippen molar-refractivity contribution in [1.82, 2.24) is 0 Å².